The number of hydrogen-bond donors (Lipinski definition) is 1. The fraction of sp³-hybridized carbons (Fsp3) is 0.160. The Balaban J connectivity index is 1.42. The first-order valence-corrected chi connectivity index (χ1v) is 10.9. The molecule has 31 heavy (non-hydrogen) atoms. The Morgan fingerprint density at radius 1 is 1.10 bits per heavy atom. The fourth-order valence-corrected chi connectivity index (χ4v) is 3.93. The Morgan fingerprint density at radius 3 is 2.74 bits per heavy atom. The molecule has 1 amide bonds. The van der Waals surface area contributed by atoms with E-state index in [2.05, 4.69) is 15.3 Å². The Labute approximate surface area is 185 Å². The van der Waals surface area contributed by atoms with Crippen molar-refractivity contribution in [1.82, 2.24) is 15.3 Å². The van der Waals surface area contributed by atoms with Gasteiger partial charge in [0.2, 0.25) is 0 Å². The standard InChI is InChI=1S/C25H23N3O2S/c1-17(19-7-5-9-21(15-19)30-16-20-8-3-4-13-26-20)28-25(29)22-11-12-23(27-18(22)2)24-10-6-14-31-24/h3-15,17H,16H2,1-2H3,(H,28,29). The summed E-state index contributed by atoms with van der Waals surface area (Å²) in [5.74, 6) is 0.595. The number of carbonyl (C=O) groups is 1. The largest absolute Gasteiger partial charge is 0.487 e. The summed E-state index contributed by atoms with van der Waals surface area (Å²) in [6, 6.07) is 21.1. The van der Waals surface area contributed by atoms with Gasteiger partial charge in [-0.25, -0.2) is 0 Å². The number of pyridine rings is 2. The smallest absolute Gasteiger partial charge is 0.253 e. The Morgan fingerprint density at radius 2 is 2.00 bits per heavy atom. The minimum atomic E-state index is -0.178. The quantitative estimate of drug-likeness (QED) is 0.416. The number of amides is 1. The first kappa shape index (κ1) is 20.8. The molecule has 0 aliphatic rings. The lowest BCUT2D eigenvalue weighted by atomic mass is 10.1. The van der Waals surface area contributed by atoms with E-state index in [1.807, 2.05) is 86.0 Å². The van der Waals surface area contributed by atoms with E-state index in [1.165, 1.54) is 0 Å². The third-order valence-electron chi connectivity index (χ3n) is 4.92. The van der Waals surface area contributed by atoms with Crippen molar-refractivity contribution in [2.75, 3.05) is 0 Å². The van der Waals surface area contributed by atoms with Crippen LogP contribution in [0, 0.1) is 6.92 Å². The lowest BCUT2D eigenvalue weighted by Gasteiger charge is -2.16. The molecule has 4 rings (SSSR count). The van der Waals surface area contributed by atoms with Crippen molar-refractivity contribution in [1.29, 1.82) is 0 Å². The zero-order chi connectivity index (χ0) is 21.6. The molecule has 0 aliphatic heterocycles. The maximum atomic E-state index is 12.9. The summed E-state index contributed by atoms with van der Waals surface area (Å²) in [6.07, 6.45) is 1.75. The molecule has 0 spiro atoms. The molecule has 0 saturated heterocycles. The van der Waals surface area contributed by atoms with E-state index in [9.17, 15) is 4.79 Å². The summed E-state index contributed by atoms with van der Waals surface area (Å²) in [4.78, 5) is 22.8. The molecule has 0 saturated carbocycles. The lowest BCUT2D eigenvalue weighted by Crippen LogP contribution is -2.27. The van der Waals surface area contributed by atoms with E-state index in [0.29, 0.717) is 17.9 Å². The third kappa shape index (κ3) is 5.16. The number of rotatable bonds is 7. The van der Waals surface area contributed by atoms with Gasteiger partial charge in [0.1, 0.15) is 12.4 Å². The normalized spacial score (nSPS) is 11.7. The van der Waals surface area contributed by atoms with Crippen LogP contribution in [-0.2, 0) is 6.61 Å². The first-order valence-electron chi connectivity index (χ1n) is 10.1. The van der Waals surface area contributed by atoms with Gasteiger partial charge in [-0.3, -0.25) is 14.8 Å². The molecule has 156 valence electrons. The molecule has 1 atom stereocenters. The van der Waals surface area contributed by atoms with Crippen LogP contribution in [0.25, 0.3) is 10.6 Å². The second-order valence-electron chi connectivity index (χ2n) is 7.18. The molecule has 3 aromatic heterocycles. The van der Waals surface area contributed by atoms with Gasteiger partial charge in [0.05, 0.1) is 33.6 Å². The van der Waals surface area contributed by atoms with Crippen molar-refractivity contribution in [2.45, 2.75) is 26.5 Å². The highest BCUT2D eigenvalue weighted by Gasteiger charge is 2.15. The fourth-order valence-electron chi connectivity index (χ4n) is 3.23. The van der Waals surface area contributed by atoms with E-state index in [0.717, 1.165) is 27.6 Å². The minimum Gasteiger partial charge on any atom is -0.487 e. The van der Waals surface area contributed by atoms with Gasteiger partial charge in [0.15, 0.2) is 0 Å². The van der Waals surface area contributed by atoms with Crippen LogP contribution in [0.15, 0.2) is 78.3 Å². The molecule has 1 unspecified atom stereocenters. The summed E-state index contributed by atoms with van der Waals surface area (Å²) < 4.78 is 5.86. The van der Waals surface area contributed by atoms with E-state index >= 15 is 0 Å². The van der Waals surface area contributed by atoms with Crippen LogP contribution in [0.2, 0.25) is 0 Å². The van der Waals surface area contributed by atoms with Crippen molar-refractivity contribution in [3.63, 3.8) is 0 Å². The van der Waals surface area contributed by atoms with Crippen LogP contribution >= 0.6 is 11.3 Å². The second kappa shape index (κ2) is 9.53. The highest BCUT2D eigenvalue weighted by molar-refractivity contribution is 7.13. The maximum Gasteiger partial charge on any atom is 0.253 e. The zero-order valence-electron chi connectivity index (χ0n) is 17.4. The van der Waals surface area contributed by atoms with Crippen molar-refractivity contribution in [3.8, 4) is 16.3 Å². The average Bonchev–Trinajstić information content (AvgIpc) is 3.33. The van der Waals surface area contributed by atoms with Gasteiger partial charge < -0.3 is 10.1 Å². The highest BCUT2D eigenvalue weighted by atomic mass is 32.1. The van der Waals surface area contributed by atoms with Gasteiger partial charge in [-0.15, -0.1) is 11.3 Å². The van der Waals surface area contributed by atoms with Crippen LogP contribution in [0.1, 0.15) is 40.3 Å². The van der Waals surface area contributed by atoms with Crippen molar-refractivity contribution < 1.29 is 9.53 Å². The SMILES string of the molecule is Cc1nc(-c2cccs2)ccc1C(=O)NC(C)c1cccc(OCc2ccccn2)c1. The number of benzene rings is 1. The van der Waals surface area contributed by atoms with E-state index in [4.69, 9.17) is 4.74 Å². The van der Waals surface area contributed by atoms with Gasteiger partial charge in [0, 0.05) is 6.20 Å². The molecule has 0 aliphatic carbocycles. The van der Waals surface area contributed by atoms with E-state index in [1.54, 1.807) is 17.5 Å². The molecule has 1 aromatic carbocycles. The zero-order valence-corrected chi connectivity index (χ0v) is 18.2. The first-order chi connectivity index (χ1) is 15.1. The third-order valence-corrected chi connectivity index (χ3v) is 5.81. The number of aromatic nitrogens is 2. The van der Waals surface area contributed by atoms with Crippen molar-refractivity contribution in [2.24, 2.45) is 0 Å². The minimum absolute atomic E-state index is 0.143. The highest BCUT2D eigenvalue weighted by Crippen LogP contribution is 2.24. The number of nitrogens with one attached hydrogen (secondary N) is 1. The number of thiophene rings is 1. The second-order valence-corrected chi connectivity index (χ2v) is 8.13. The van der Waals surface area contributed by atoms with Crippen molar-refractivity contribution >= 4 is 17.2 Å². The van der Waals surface area contributed by atoms with Crippen molar-refractivity contribution in [3.05, 3.63) is 101 Å². The summed E-state index contributed by atoms with van der Waals surface area (Å²) in [5, 5.41) is 5.08. The monoisotopic (exact) mass is 429 g/mol. The number of nitrogens with zero attached hydrogens (tertiary/aromatic N) is 2. The summed E-state index contributed by atoms with van der Waals surface area (Å²) in [6.45, 7) is 4.22. The molecular formula is C25H23N3O2S. The lowest BCUT2D eigenvalue weighted by molar-refractivity contribution is 0.0939. The molecule has 6 heteroatoms. The summed E-state index contributed by atoms with van der Waals surface area (Å²) in [5.41, 5.74) is 4.00. The average molecular weight is 430 g/mol. The Hall–Kier alpha value is -3.51. The summed E-state index contributed by atoms with van der Waals surface area (Å²) in [7, 11) is 0. The van der Waals surface area contributed by atoms with Crippen LogP contribution in [0.4, 0.5) is 0 Å². The summed E-state index contributed by atoms with van der Waals surface area (Å²) >= 11 is 1.63. The molecule has 5 nitrogen and oxygen atoms in total. The van der Waals surface area contributed by atoms with Crippen LogP contribution in [-0.4, -0.2) is 15.9 Å². The number of carbonyl (C=O) groups excluding carboxylic acids is 1. The molecule has 1 N–H and O–H groups in total. The predicted octanol–water partition coefficient (Wildman–Crippen LogP) is 5.58. The molecular weight excluding hydrogens is 406 g/mol. The topological polar surface area (TPSA) is 64.1 Å². The number of ether oxygens (including phenoxy) is 1. The van der Waals surface area contributed by atoms with Gasteiger partial charge in [-0.1, -0.05) is 24.3 Å². The maximum absolute atomic E-state index is 12.9. The molecule has 0 bridgehead atoms. The van der Waals surface area contributed by atoms with Gasteiger partial charge in [-0.05, 0) is 67.3 Å². The number of aryl methyl sites for hydroxylation is 1. The Bertz CT molecular complexity index is 1160. The molecule has 3 heterocycles. The van der Waals surface area contributed by atoms with Gasteiger partial charge >= 0.3 is 0 Å². The number of hydrogen-bond acceptors (Lipinski definition) is 5. The van der Waals surface area contributed by atoms with Gasteiger partial charge in [0.25, 0.3) is 5.91 Å². The van der Waals surface area contributed by atoms with Crippen LogP contribution < -0.4 is 10.1 Å². The Kier molecular flexibility index (Phi) is 6.38. The molecule has 0 fully saturated rings. The van der Waals surface area contributed by atoms with E-state index < -0.39 is 0 Å². The predicted molar refractivity (Wildman–Crippen MR) is 123 cm³/mol. The van der Waals surface area contributed by atoms with Gasteiger partial charge in [-0.2, -0.15) is 0 Å². The molecule has 0 radical (unpaired) electrons. The van der Waals surface area contributed by atoms with Crippen LogP contribution in [0.5, 0.6) is 5.75 Å². The van der Waals surface area contributed by atoms with E-state index in [-0.39, 0.29) is 11.9 Å². The molecule has 4 aromatic rings. The van der Waals surface area contributed by atoms with Crippen LogP contribution in [0.3, 0.4) is 0 Å².